The van der Waals surface area contributed by atoms with Crippen LogP contribution in [0.2, 0.25) is 5.02 Å². The number of benzene rings is 1. The summed E-state index contributed by atoms with van der Waals surface area (Å²) in [5.41, 5.74) is 0.698. The van der Waals surface area contributed by atoms with Gasteiger partial charge >= 0.3 is 0 Å². The van der Waals surface area contributed by atoms with Crippen molar-refractivity contribution in [3.05, 3.63) is 47.5 Å². The fraction of sp³-hybridized carbons (Fsp3) is 0.353. The molecule has 2 aromatic rings. The Morgan fingerprint density at radius 3 is 2.91 bits per heavy atom. The smallest absolute Gasteiger partial charge is 0.246 e. The number of aromatic nitrogens is 2. The van der Waals surface area contributed by atoms with E-state index in [0.29, 0.717) is 17.3 Å². The molecule has 0 aliphatic carbocycles. The maximum Gasteiger partial charge on any atom is 0.246 e. The van der Waals surface area contributed by atoms with Crippen molar-refractivity contribution in [2.75, 3.05) is 11.4 Å². The van der Waals surface area contributed by atoms with E-state index in [4.69, 9.17) is 16.9 Å². The van der Waals surface area contributed by atoms with Crippen LogP contribution in [0.15, 0.2) is 36.7 Å². The molecule has 0 bridgehead atoms. The molecule has 120 valence electrons. The van der Waals surface area contributed by atoms with Crippen LogP contribution >= 0.6 is 11.6 Å². The first-order valence-corrected chi connectivity index (χ1v) is 7.84. The van der Waals surface area contributed by atoms with E-state index in [1.807, 2.05) is 24.5 Å². The van der Waals surface area contributed by atoms with Crippen molar-refractivity contribution < 1.29 is 4.79 Å². The number of nitriles is 1. The second-order valence-corrected chi connectivity index (χ2v) is 5.94. The standard InChI is InChI=1S/C17H19ClN4O/c1-13(2)17-20-8-10-21(17)12-16(23)22(9-4-7-19)15-6-3-5-14(18)11-15/h3,5-6,8,10-11,13H,4,9,12H2,1-2H3. The van der Waals surface area contributed by atoms with Gasteiger partial charge in [0, 0.05) is 35.6 Å². The van der Waals surface area contributed by atoms with Gasteiger partial charge in [0.05, 0.1) is 12.5 Å². The van der Waals surface area contributed by atoms with Crippen LogP contribution in [0.1, 0.15) is 32.0 Å². The summed E-state index contributed by atoms with van der Waals surface area (Å²) >= 11 is 6.02. The van der Waals surface area contributed by atoms with Crippen molar-refractivity contribution in [3.8, 4) is 6.07 Å². The molecule has 0 saturated carbocycles. The summed E-state index contributed by atoms with van der Waals surface area (Å²) in [6, 6.07) is 9.18. The van der Waals surface area contributed by atoms with Gasteiger partial charge in [0.1, 0.15) is 12.4 Å². The van der Waals surface area contributed by atoms with Gasteiger partial charge in [0.2, 0.25) is 5.91 Å². The van der Waals surface area contributed by atoms with Crippen molar-refractivity contribution in [2.24, 2.45) is 0 Å². The minimum Gasteiger partial charge on any atom is -0.325 e. The van der Waals surface area contributed by atoms with Gasteiger partial charge < -0.3 is 9.47 Å². The predicted molar refractivity (Wildman–Crippen MR) is 90.4 cm³/mol. The molecule has 0 spiro atoms. The summed E-state index contributed by atoms with van der Waals surface area (Å²) in [7, 11) is 0. The lowest BCUT2D eigenvalue weighted by molar-refractivity contribution is -0.119. The number of carbonyl (C=O) groups excluding carboxylic acids is 1. The van der Waals surface area contributed by atoms with E-state index >= 15 is 0 Å². The molecule has 0 N–H and O–H groups in total. The fourth-order valence-corrected chi connectivity index (χ4v) is 2.57. The van der Waals surface area contributed by atoms with Gasteiger partial charge in [-0.1, -0.05) is 31.5 Å². The van der Waals surface area contributed by atoms with Crippen molar-refractivity contribution in [1.29, 1.82) is 5.26 Å². The molecule has 0 aliphatic heterocycles. The highest BCUT2D eigenvalue weighted by Crippen LogP contribution is 2.21. The maximum absolute atomic E-state index is 12.7. The lowest BCUT2D eigenvalue weighted by atomic mass is 10.2. The van der Waals surface area contributed by atoms with Crippen LogP contribution in [0, 0.1) is 11.3 Å². The number of rotatable bonds is 6. The highest BCUT2D eigenvalue weighted by molar-refractivity contribution is 6.30. The van der Waals surface area contributed by atoms with Crippen LogP contribution in [0.3, 0.4) is 0 Å². The Morgan fingerprint density at radius 1 is 1.48 bits per heavy atom. The number of imidazole rings is 1. The van der Waals surface area contributed by atoms with Gasteiger partial charge in [-0.2, -0.15) is 5.26 Å². The summed E-state index contributed by atoms with van der Waals surface area (Å²) in [5, 5.41) is 9.40. The topological polar surface area (TPSA) is 61.9 Å². The van der Waals surface area contributed by atoms with Crippen LogP contribution in [0.5, 0.6) is 0 Å². The Labute approximate surface area is 141 Å². The maximum atomic E-state index is 12.7. The van der Waals surface area contributed by atoms with Crippen LogP contribution in [0.25, 0.3) is 0 Å². The van der Waals surface area contributed by atoms with Crippen molar-refractivity contribution in [2.45, 2.75) is 32.7 Å². The number of halogens is 1. The van der Waals surface area contributed by atoms with Gasteiger partial charge in [-0.25, -0.2) is 4.98 Å². The summed E-state index contributed by atoms with van der Waals surface area (Å²) in [6.45, 7) is 4.59. The minimum atomic E-state index is -0.0950. The molecule has 0 unspecified atom stereocenters. The molecule has 1 heterocycles. The average molecular weight is 331 g/mol. The minimum absolute atomic E-state index is 0.0950. The molecule has 1 aromatic heterocycles. The molecule has 1 aromatic carbocycles. The van der Waals surface area contributed by atoms with Gasteiger partial charge in [-0.05, 0) is 18.2 Å². The van der Waals surface area contributed by atoms with E-state index in [-0.39, 0.29) is 24.8 Å². The van der Waals surface area contributed by atoms with Crippen LogP contribution < -0.4 is 4.90 Å². The third-order valence-corrected chi connectivity index (χ3v) is 3.67. The summed E-state index contributed by atoms with van der Waals surface area (Å²) in [6.07, 6.45) is 3.76. The first kappa shape index (κ1) is 17.0. The highest BCUT2D eigenvalue weighted by atomic mass is 35.5. The van der Waals surface area contributed by atoms with E-state index < -0.39 is 0 Å². The van der Waals surface area contributed by atoms with E-state index in [0.717, 1.165) is 5.82 Å². The first-order valence-electron chi connectivity index (χ1n) is 7.47. The summed E-state index contributed by atoms with van der Waals surface area (Å²) < 4.78 is 1.84. The van der Waals surface area contributed by atoms with Crippen molar-refractivity contribution >= 4 is 23.2 Å². The van der Waals surface area contributed by atoms with Gasteiger partial charge in [0.15, 0.2) is 0 Å². The molecule has 0 fully saturated rings. The zero-order valence-corrected chi connectivity index (χ0v) is 14.0. The average Bonchev–Trinajstić information content (AvgIpc) is 2.96. The molecule has 1 amide bonds. The Kier molecular flexibility index (Phi) is 5.78. The third kappa shape index (κ3) is 4.33. The molecule has 23 heavy (non-hydrogen) atoms. The number of hydrogen-bond acceptors (Lipinski definition) is 3. The van der Waals surface area contributed by atoms with Crippen molar-refractivity contribution in [3.63, 3.8) is 0 Å². The number of hydrogen-bond donors (Lipinski definition) is 0. The molecular weight excluding hydrogens is 312 g/mol. The Bertz CT molecular complexity index is 717. The zero-order valence-electron chi connectivity index (χ0n) is 13.2. The molecule has 0 aliphatic rings. The lowest BCUT2D eigenvalue weighted by Gasteiger charge is -2.23. The predicted octanol–water partition coefficient (Wildman–Crippen LogP) is 3.61. The largest absolute Gasteiger partial charge is 0.325 e. The quantitative estimate of drug-likeness (QED) is 0.812. The monoisotopic (exact) mass is 330 g/mol. The molecule has 0 atom stereocenters. The number of carbonyl (C=O) groups is 1. The molecule has 5 nitrogen and oxygen atoms in total. The summed E-state index contributed by atoms with van der Waals surface area (Å²) in [5.74, 6) is 1.00. The third-order valence-electron chi connectivity index (χ3n) is 3.44. The normalized spacial score (nSPS) is 10.6. The second kappa shape index (κ2) is 7.80. The van der Waals surface area contributed by atoms with E-state index in [1.54, 1.807) is 35.5 Å². The molecule has 6 heteroatoms. The van der Waals surface area contributed by atoms with Crippen LogP contribution in [0.4, 0.5) is 5.69 Å². The number of anilines is 1. The Morgan fingerprint density at radius 2 is 2.26 bits per heavy atom. The Balaban J connectivity index is 2.23. The van der Waals surface area contributed by atoms with Crippen LogP contribution in [-0.2, 0) is 11.3 Å². The molecular formula is C17H19ClN4O. The van der Waals surface area contributed by atoms with Gasteiger partial charge in [-0.15, -0.1) is 0 Å². The molecule has 2 rings (SSSR count). The van der Waals surface area contributed by atoms with Gasteiger partial charge in [0.25, 0.3) is 0 Å². The van der Waals surface area contributed by atoms with Crippen LogP contribution in [-0.4, -0.2) is 22.0 Å². The van der Waals surface area contributed by atoms with Crippen molar-refractivity contribution in [1.82, 2.24) is 9.55 Å². The fourth-order valence-electron chi connectivity index (χ4n) is 2.39. The van der Waals surface area contributed by atoms with E-state index in [1.165, 1.54) is 0 Å². The molecule has 0 radical (unpaired) electrons. The first-order chi connectivity index (χ1) is 11.0. The second-order valence-electron chi connectivity index (χ2n) is 5.50. The lowest BCUT2D eigenvalue weighted by Crippen LogP contribution is -2.35. The SMILES string of the molecule is CC(C)c1nccn1CC(=O)N(CCC#N)c1cccc(Cl)c1. The number of amides is 1. The van der Waals surface area contributed by atoms with E-state index in [9.17, 15) is 4.79 Å². The zero-order chi connectivity index (χ0) is 16.8. The van der Waals surface area contributed by atoms with E-state index in [2.05, 4.69) is 11.1 Å². The Hall–Kier alpha value is -2.32. The molecule has 0 saturated heterocycles. The number of nitrogens with zero attached hydrogens (tertiary/aromatic N) is 4. The van der Waals surface area contributed by atoms with Gasteiger partial charge in [-0.3, -0.25) is 4.79 Å². The highest BCUT2D eigenvalue weighted by Gasteiger charge is 2.18. The summed E-state index contributed by atoms with van der Waals surface area (Å²) in [4.78, 5) is 18.6.